The van der Waals surface area contributed by atoms with Crippen molar-refractivity contribution >= 4 is 23.3 Å². The van der Waals surface area contributed by atoms with Crippen molar-refractivity contribution in [1.29, 1.82) is 0 Å². The SMILES string of the molecule is COc1cc(OC)c(C2=NO[C@@H](C(=O)O)C2)cc1Cl. The predicted molar refractivity (Wildman–Crippen MR) is 68.2 cm³/mol. The second-order valence-corrected chi connectivity index (χ2v) is 4.27. The standard InChI is InChI=1S/C12H12ClNO5/c1-17-9-5-10(18-2)7(13)3-6(9)8-4-11(12(15)16)19-14-8/h3,5,11H,4H2,1-2H3,(H,15,16)/t11-/m1/s1. The molecule has 1 heterocycles. The minimum atomic E-state index is -1.06. The molecule has 0 aromatic heterocycles. The largest absolute Gasteiger partial charge is 0.496 e. The summed E-state index contributed by atoms with van der Waals surface area (Å²) >= 11 is 6.04. The number of oxime groups is 1. The Morgan fingerprint density at radius 3 is 2.63 bits per heavy atom. The predicted octanol–water partition coefficient (Wildman–Crippen LogP) is 1.93. The normalized spacial score (nSPS) is 17.6. The van der Waals surface area contributed by atoms with Crippen molar-refractivity contribution in [2.24, 2.45) is 5.16 Å². The summed E-state index contributed by atoms with van der Waals surface area (Å²) in [7, 11) is 2.99. The Labute approximate surface area is 114 Å². The van der Waals surface area contributed by atoms with Gasteiger partial charge in [-0.3, -0.25) is 0 Å². The van der Waals surface area contributed by atoms with E-state index in [1.165, 1.54) is 14.2 Å². The number of carbonyl (C=O) groups is 1. The third kappa shape index (κ3) is 2.58. The van der Waals surface area contributed by atoms with Gasteiger partial charge in [-0.1, -0.05) is 16.8 Å². The lowest BCUT2D eigenvalue weighted by Crippen LogP contribution is -2.20. The van der Waals surface area contributed by atoms with Crippen LogP contribution in [0, 0.1) is 0 Å². The average molecular weight is 286 g/mol. The summed E-state index contributed by atoms with van der Waals surface area (Å²) in [6.07, 6.45) is -0.811. The fourth-order valence-electron chi connectivity index (χ4n) is 1.75. The molecule has 6 nitrogen and oxygen atoms in total. The van der Waals surface area contributed by atoms with Gasteiger partial charge in [-0.2, -0.15) is 0 Å². The molecule has 0 radical (unpaired) electrons. The van der Waals surface area contributed by atoms with Crippen molar-refractivity contribution in [2.75, 3.05) is 14.2 Å². The molecular formula is C12H12ClNO5. The zero-order chi connectivity index (χ0) is 14.0. The quantitative estimate of drug-likeness (QED) is 0.915. The molecule has 1 aliphatic rings. The molecule has 0 fully saturated rings. The second-order valence-electron chi connectivity index (χ2n) is 3.86. The Hall–Kier alpha value is -1.95. The van der Waals surface area contributed by atoms with E-state index >= 15 is 0 Å². The molecule has 1 aliphatic heterocycles. The third-order valence-electron chi connectivity index (χ3n) is 2.73. The number of benzene rings is 1. The molecule has 0 bridgehead atoms. The van der Waals surface area contributed by atoms with Crippen LogP contribution in [0.1, 0.15) is 12.0 Å². The number of ether oxygens (including phenoxy) is 2. The molecule has 0 amide bonds. The van der Waals surface area contributed by atoms with Gasteiger partial charge in [0.25, 0.3) is 0 Å². The smallest absolute Gasteiger partial charge is 0.348 e. The lowest BCUT2D eigenvalue weighted by atomic mass is 10.0. The number of aliphatic carboxylic acids is 1. The van der Waals surface area contributed by atoms with Gasteiger partial charge in [0, 0.05) is 18.1 Å². The molecule has 1 atom stereocenters. The van der Waals surface area contributed by atoms with Crippen LogP contribution in [-0.4, -0.2) is 37.1 Å². The number of carboxylic acid groups (broad SMARTS) is 1. The maximum atomic E-state index is 10.8. The molecule has 102 valence electrons. The van der Waals surface area contributed by atoms with Gasteiger partial charge < -0.3 is 19.4 Å². The van der Waals surface area contributed by atoms with Gasteiger partial charge in [0.15, 0.2) is 0 Å². The van der Waals surface area contributed by atoms with Crippen LogP contribution >= 0.6 is 11.6 Å². The van der Waals surface area contributed by atoms with Gasteiger partial charge in [0.05, 0.1) is 25.0 Å². The average Bonchev–Trinajstić information content (AvgIpc) is 2.88. The van der Waals surface area contributed by atoms with Crippen molar-refractivity contribution in [1.82, 2.24) is 0 Å². The highest BCUT2D eigenvalue weighted by molar-refractivity contribution is 6.32. The van der Waals surface area contributed by atoms with E-state index in [1.54, 1.807) is 12.1 Å². The summed E-state index contributed by atoms with van der Waals surface area (Å²) in [5.41, 5.74) is 1.07. The van der Waals surface area contributed by atoms with Crippen LogP contribution in [0.5, 0.6) is 11.5 Å². The molecule has 0 aliphatic carbocycles. The summed E-state index contributed by atoms with van der Waals surface area (Å²) in [6, 6.07) is 3.24. The Balaban J connectivity index is 2.35. The highest BCUT2D eigenvalue weighted by Crippen LogP contribution is 2.34. The number of rotatable bonds is 4. The number of carboxylic acids is 1. The molecule has 2 rings (SSSR count). The fraction of sp³-hybridized carbons (Fsp3) is 0.333. The molecule has 1 N–H and O–H groups in total. The first kappa shape index (κ1) is 13.5. The van der Waals surface area contributed by atoms with Crippen LogP contribution in [0.4, 0.5) is 0 Å². The lowest BCUT2D eigenvalue weighted by Gasteiger charge is -2.11. The van der Waals surface area contributed by atoms with E-state index < -0.39 is 12.1 Å². The summed E-state index contributed by atoms with van der Waals surface area (Å²) in [5, 5.41) is 13.0. The van der Waals surface area contributed by atoms with Crippen LogP contribution in [0.3, 0.4) is 0 Å². The minimum Gasteiger partial charge on any atom is -0.496 e. The van der Waals surface area contributed by atoms with Gasteiger partial charge >= 0.3 is 5.97 Å². The Bertz CT molecular complexity index is 543. The van der Waals surface area contributed by atoms with Gasteiger partial charge in [-0.05, 0) is 6.07 Å². The van der Waals surface area contributed by atoms with Crippen molar-refractivity contribution < 1.29 is 24.2 Å². The number of methoxy groups -OCH3 is 2. The first-order chi connectivity index (χ1) is 9.06. The first-order valence-corrected chi connectivity index (χ1v) is 5.82. The third-order valence-corrected chi connectivity index (χ3v) is 3.02. The molecule has 0 unspecified atom stereocenters. The summed E-state index contributed by atoms with van der Waals surface area (Å²) in [6.45, 7) is 0. The molecule has 0 saturated heterocycles. The molecule has 1 aromatic carbocycles. The van der Waals surface area contributed by atoms with Gasteiger partial charge in [-0.15, -0.1) is 0 Å². The van der Waals surface area contributed by atoms with Crippen LogP contribution in [0.25, 0.3) is 0 Å². The Kier molecular flexibility index (Phi) is 3.80. The Morgan fingerprint density at radius 2 is 2.11 bits per heavy atom. The van der Waals surface area contributed by atoms with Crippen molar-refractivity contribution in [3.8, 4) is 11.5 Å². The van der Waals surface area contributed by atoms with Crippen LogP contribution in [0.2, 0.25) is 5.02 Å². The monoisotopic (exact) mass is 285 g/mol. The van der Waals surface area contributed by atoms with E-state index in [1.807, 2.05) is 0 Å². The molecule has 1 aromatic rings. The molecular weight excluding hydrogens is 274 g/mol. The Morgan fingerprint density at radius 1 is 1.42 bits per heavy atom. The van der Waals surface area contributed by atoms with E-state index in [-0.39, 0.29) is 6.42 Å². The number of nitrogens with zero attached hydrogens (tertiary/aromatic N) is 1. The molecule has 0 saturated carbocycles. The van der Waals surface area contributed by atoms with Crippen LogP contribution in [0.15, 0.2) is 17.3 Å². The highest BCUT2D eigenvalue weighted by atomic mass is 35.5. The maximum Gasteiger partial charge on any atom is 0.348 e. The van der Waals surface area contributed by atoms with Crippen molar-refractivity contribution in [3.05, 3.63) is 22.7 Å². The maximum absolute atomic E-state index is 10.8. The van der Waals surface area contributed by atoms with Crippen molar-refractivity contribution in [3.63, 3.8) is 0 Å². The van der Waals surface area contributed by atoms with Crippen molar-refractivity contribution in [2.45, 2.75) is 12.5 Å². The van der Waals surface area contributed by atoms with Crippen LogP contribution in [-0.2, 0) is 9.63 Å². The highest BCUT2D eigenvalue weighted by Gasteiger charge is 2.30. The summed E-state index contributed by atoms with van der Waals surface area (Å²) in [5.74, 6) is -0.0940. The number of hydrogen-bond acceptors (Lipinski definition) is 5. The van der Waals surface area contributed by atoms with Crippen LogP contribution < -0.4 is 9.47 Å². The summed E-state index contributed by atoms with van der Waals surface area (Å²) in [4.78, 5) is 15.7. The van der Waals surface area contributed by atoms with E-state index in [0.717, 1.165) is 0 Å². The zero-order valence-electron chi connectivity index (χ0n) is 10.3. The topological polar surface area (TPSA) is 77.3 Å². The minimum absolute atomic E-state index is 0.161. The number of halogens is 1. The van der Waals surface area contributed by atoms with E-state index in [4.69, 9.17) is 31.0 Å². The fourth-order valence-corrected chi connectivity index (χ4v) is 2.00. The van der Waals surface area contributed by atoms with E-state index in [2.05, 4.69) is 5.16 Å². The van der Waals surface area contributed by atoms with Gasteiger partial charge in [0.2, 0.25) is 6.10 Å². The molecule has 19 heavy (non-hydrogen) atoms. The molecule has 7 heteroatoms. The molecule has 0 spiro atoms. The van der Waals surface area contributed by atoms with Gasteiger partial charge in [-0.25, -0.2) is 4.79 Å². The second kappa shape index (κ2) is 5.36. The van der Waals surface area contributed by atoms with Gasteiger partial charge in [0.1, 0.15) is 11.5 Å². The number of hydrogen-bond donors (Lipinski definition) is 1. The lowest BCUT2D eigenvalue weighted by molar-refractivity contribution is -0.148. The zero-order valence-corrected chi connectivity index (χ0v) is 11.1. The van der Waals surface area contributed by atoms with E-state index in [9.17, 15) is 4.79 Å². The summed E-state index contributed by atoms with van der Waals surface area (Å²) < 4.78 is 10.3. The first-order valence-electron chi connectivity index (χ1n) is 5.44. The van der Waals surface area contributed by atoms with E-state index in [0.29, 0.717) is 27.8 Å².